The number of ether oxygens (including phenoxy) is 4. The van der Waals surface area contributed by atoms with Gasteiger partial charge in [0.05, 0.1) is 41.9 Å². The minimum Gasteiger partial charge on any atom is -0.466 e. The van der Waals surface area contributed by atoms with Crippen LogP contribution in [0, 0.1) is 27.7 Å². The fourth-order valence-corrected chi connectivity index (χ4v) is 10.7. The predicted molar refractivity (Wildman–Crippen MR) is 330 cm³/mol. The van der Waals surface area contributed by atoms with Gasteiger partial charge in [0.25, 0.3) is 0 Å². The summed E-state index contributed by atoms with van der Waals surface area (Å²) in [6.45, 7) is 40.0. The molecule has 1 fully saturated rings. The highest BCUT2D eigenvalue weighted by molar-refractivity contribution is 6.62. The maximum atomic E-state index is 12.8. The minimum atomic E-state index is -0.546. The first kappa shape index (κ1) is 66.0. The van der Waals surface area contributed by atoms with Gasteiger partial charge < -0.3 is 38.1 Å². The van der Waals surface area contributed by atoms with Gasteiger partial charge in [-0.2, -0.15) is 0 Å². The van der Waals surface area contributed by atoms with Crippen LogP contribution in [0.1, 0.15) is 178 Å². The maximum absolute atomic E-state index is 12.8. The van der Waals surface area contributed by atoms with Crippen molar-refractivity contribution < 1.29 is 47.4 Å². The minimum absolute atomic E-state index is 0. The van der Waals surface area contributed by atoms with Crippen molar-refractivity contribution in [2.24, 2.45) is 0 Å². The molecule has 6 aromatic rings. The van der Waals surface area contributed by atoms with Crippen molar-refractivity contribution >= 4 is 64.8 Å². The van der Waals surface area contributed by atoms with Crippen LogP contribution in [0.5, 0.6) is 0 Å². The normalized spacial score (nSPS) is 15.7. The molecule has 0 N–H and O–H groups in total. The molecule has 0 saturated carbocycles. The number of fused-ring (bicyclic) bond motifs is 4. The van der Waals surface area contributed by atoms with Gasteiger partial charge in [-0.1, -0.05) is 54.3 Å². The fourth-order valence-electron chi connectivity index (χ4n) is 10.7. The molecule has 19 heteroatoms. The molecule has 3 aliphatic rings. The standard InChI is InChI=1S/C29H38N4O4.C21H32BNO4.C14H17N3O2.CH4/c1-8-33-25-11-10-23(19(4)27(25)30-31-33)24(16-26(34)36-9-2)20-14-18(3)22-12-13-32(17-21(22)15-20)28(35)37-29(5,6)7;1-14-11-16(22-26-20(5,6)21(7,8)27-22)12-15-13-23(10-9-17(14)15)18(24)25-19(2,3)4;1-4-17-12-8-6-11(7-9-13(18)19-5-2)10(3)14(12)15-16-17;/h10-11,14-15,24H,8-9,12-13,16-17H2,1-7H3;11-12H,9-10,13H2,1-8H3;6-9H,4-5H2,1-3H3;1H4/b;;9-7+;. The summed E-state index contributed by atoms with van der Waals surface area (Å²) in [5.41, 5.74) is 15.2. The van der Waals surface area contributed by atoms with E-state index >= 15 is 0 Å². The average Bonchev–Trinajstić information content (AvgIpc) is 1.88. The number of carbonyl (C=O) groups excluding carboxylic acids is 4. The first-order chi connectivity index (χ1) is 39.0. The van der Waals surface area contributed by atoms with Gasteiger partial charge in [0.15, 0.2) is 0 Å². The van der Waals surface area contributed by atoms with Crippen LogP contribution >= 0.6 is 0 Å². The van der Waals surface area contributed by atoms with Gasteiger partial charge in [-0.15, -0.1) is 10.2 Å². The Bertz CT molecular complexity index is 3370. The van der Waals surface area contributed by atoms with Gasteiger partial charge in [-0.3, -0.25) is 4.79 Å². The molecule has 1 unspecified atom stereocenters. The molecule has 3 aliphatic heterocycles. The van der Waals surface area contributed by atoms with E-state index in [-0.39, 0.29) is 55.1 Å². The number of esters is 2. The lowest BCUT2D eigenvalue weighted by molar-refractivity contribution is -0.143. The molecule has 0 spiro atoms. The van der Waals surface area contributed by atoms with Gasteiger partial charge in [0.2, 0.25) is 0 Å². The summed E-state index contributed by atoms with van der Waals surface area (Å²) in [4.78, 5) is 52.9. The molecule has 5 heterocycles. The third-order valence-electron chi connectivity index (χ3n) is 15.7. The fraction of sp³-hybridized carbons (Fsp3) is 0.538. The van der Waals surface area contributed by atoms with Crippen LogP contribution in [0.4, 0.5) is 9.59 Å². The molecule has 0 aliphatic carbocycles. The molecule has 454 valence electrons. The van der Waals surface area contributed by atoms with Gasteiger partial charge in [-0.25, -0.2) is 23.7 Å². The molecule has 84 heavy (non-hydrogen) atoms. The molecule has 2 amide bonds. The lowest BCUT2D eigenvalue weighted by Gasteiger charge is -2.33. The van der Waals surface area contributed by atoms with Crippen molar-refractivity contribution in [1.29, 1.82) is 0 Å². The second kappa shape index (κ2) is 26.9. The Balaban J connectivity index is 0.000000212. The number of hydrogen-bond donors (Lipinski definition) is 0. The van der Waals surface area contributed by atoms with E-state index in [9.17, 15) is 19.2 Å². The monoisotopic (exact) mass is 1150 g/mol. The smallest absolute Gasteiger partial charge is 0.466 e. The van der Waals surface area contributed by atoms with E-state index in [1.165, 1.54) is 28.3 Å². The third-order valence-corrected chi connectivity index (χ3v) is 15.7. The highest BCUT2D eigenvalue weighted by Gasteiger charge is 2.52. The van der Waals surface area contributed by atoms with E-state index in [1.807, 2.05) is 104 Å². The zero-order valence-electron chi connectivity index (χ0n) is 52.4. The topological polar surface area (TPSA) is 192 Å². The number of amides is 2. The van der Waals surface area contributed by atoms with E-state index < -0.39 is 18.3 Å². The molecule has 4 aromatic carbocycles. The Morgan fingerprint density at radius 3 is 1.65 bits per heavy atom. The summed E-state index contributed by atoms with van der Waals surface area (Å²) < 4.78 is 37.5. The van der Waals surface area contributed by atoms with Gasteiger partial charge >= 0.3 is 31.2 Å². The van der Waals surface area contributed by atoms with E-state index in [0.29, 0.717) is 39.4 Å². The summed E-state index contributed by atoms with van der Waals surface area (Å²) in [5, 5.41) is 17.0. The van der Waals surface area contributed by atoms with E-state index in [1.54, 1.807) is 22.8 Å². The Hall–Kier alpha value is -7.12. The molecule has 0 bridgehead atoms. The first-order valence-corrected chi connectivity index (χ1v) is 29.2. The van der Waals surface area contributed by atoms with Crippen molar-refractivity contribution in [3.63, 3.8) is 0 Å². The third kappa shape index (κ3) is 15.4. The molecule has 18 nitrogen and oxygen atoms in total. The second-order valence-electron chi connectivity index (χ2n) is 24.6. The predicted octanol–water partition coefficient (Wildman–Crippen LogP) is 12.0. The number of aromatic nitrogens is 6. The number of carbonyl (C=O) groups is 4. The van der Waals surface area contributed by atoms with Crippen LogP contribution in [0.2, 0.25) is 0 Å². The Morgan fingerprint density at radius 1 is 0.667 bits per heavy atom. The Morgan fingerprint density at radius 2 is 1.15 bits per heavy atom. The molecule has 1 saturated heterocycles. The van der Waals surface area contributed by atoms with Crippen LogP contribution in [0.15, 0.2) is 54.6 Å². The first-order valence-electron chi connectivity index (χ1n) is 29.2. The van der Waals surface area contributed by atoms with Crippen LogP contribution < -0.4 is 5.46 Å². The van der Waals surface area contributed by atoms with E-state index in [0.717, 1.165) is 92.4 Å². The highest BCUT2D eigenvalue weighted by atomic mass is 16.7. The van der Waals surface area contributed by atoms with Crippen LogP contribution in [0.25, 0.3) is 28.1 Å². The summed E-state index contributed by atoms with van der Waals surface area (Å²) in [5.74, 6) is -0.787. The quantitative estimate of drug-likeness (QED) is 0.0515. The number of rotatable bonds is 11. The van der Waals surface area contributed by atoms with Crippen LogP contribution in [-0.2, 0) is 76.9 Å². The van der Waals surface area contributed by atoms with Crippen LogP contribution in [-0.4, -0.2) is 120 Å². The van der Waals surface area contributed by atoms with Crippen molar-refractivity contribution in [3.05, 3.63) is 116 Å². The number of hydrogen-bond acceptors (Lipinski definition) is 14. The van der Waals surface area contributed by atoms with Crippen molar-refractivity contribution in [3.8, 4) is 0 Å². The van der Waals surface area contributed by atoms with E-state index in [2.05, 4.69) is 92.5 Å². The highest BCUT2D eigenvalue weighted by Crippen LogP contribution is 2.39. The number of aryl methyl sites for hydroxylation is 6. The molecule has 1 atom stereocenters. The van der Waals surface area contributed by atoms with Gasteiger partial charge in [0, 0.05) is 51.3 Å². The number of benzene rings is 4. The number of nitrogens with zero attached hydrogens (tertiary/aromatic N) is 8. The summed E-state index contributed by atoms with van der Waals surface area (Å²) in [7, 11) is -0.393. The van der Waals surface area contributed by atoms with Crippen molar-refractivity contribution in [1.82, 2.24) is 39.8 Å². The summed E-state index contributed by atoms with van der Waals surface area (Å²) >= 11 is 0. The molecular formula is C65H91BN8O10. The SMILES string of the molecule is C.CCOC(=O)/C=C/c1ccc2c(nnn2CC)c1C.CCOC(=O)CC(c1cc(C)c2c(c1)CN(C(=O)OC(C)(C)C)CC2)c1ccc2c(nnn2CC)c1C.Cc1cc(B2OC(C)(C)C(C)(C)O2)cc2c1CCN(C(=O)OC(C)(C)C)C2. The average molecular weight is 1160 g/mol. The largest absolute Gasteiger partial charge is 0.494 e. The van der Waals surface area contributed by atoms with Gasteiger partial charge in [0.1, 0.15) is 22.2 Å². The summed E-state index contributed by atoms with van der Waals surface area (Å²) in [6, 6.07) is 16.7. The second-order valence-corrected chi connectivity index (χ2v) is 24.6. The Labute approximate surface area is 498 Å². The molecule has 2 aromatic heterocycles. The zero-order chi connectivity index (χ0) is 60.9. The zero-order valence-corrected chi connectivity index (χ0v) is 52.4. The van der Waals surface area contributed by atoms with Crippen molar-refractivity contribution in [2.75, 3.05) is 26.3 Å². The molecular weight excluding hydrogens is 1060 g/mol. The Kier molecular flexibility index (Phi) is 21.1. The lowest BCUT2D eigenvalue weighted by Crippen LogP contribution is -2.41. The van der Waals surface area contributed by atoms with E-state index in [4.69, 9.17) is 28.3 Å². The maximum Gasteiger partial charge on any atom is 0.494 e. The van der Waals surface area contributed by atoms with Crippen molar-refractivity contribution in [2.45, 2.75) is 206 Å². The van der Waals surface area contributed by atoms with Gasteiger partial charge in [-0.05, 0) is 222 Å². The molecule has 9 rings (SSSR count). The van der Waals surface area contributed by atoms with Crippen LogP contribution in [0.3, 0.4) is 0 Å². The lowest BCUT2D eigenvalue weighted by atomic mass is 9.75. The molecule has 0 radical (unpaired) electrons. The summed E-state index contributed by atoms with van der Waals surface area (Å²) in [6.07, 6.45) is 4.45.